The first-order chi connectivity index (χ1) is 22.4. The lowest BCUT2D eigenvalue weighted by Gasteiger charge is -2.62. The molecule has 1 saturated carbocycles. The normalized spacial score (nSPS) is 25.0. The molecule has 226 valence electrons. The van der Waals surface area contributed by atoms with Gasteiger partial charge in [0.15, 0.2) is 17.3 Å². The summed E-state index contributed by atoms with van der Waals surface area (Å²) in [7, 11) is 0. The molecule has 0 radical (unpaired) electrons. The largest absolute Gasteiger partial charge is 0.453 e. The van der Waals surface area contributed by atoms with E-state index in [1.54, 1.807) is 115 Å². The van der Waals surface area contributed by atoms with Gasteiger partial charge in [-0.05, 0) is 23.3 Å². The van der Waals surface area contributed by atoms with Gasteiger partial charge in [0.05, 0.1) is 11.8 Å². The number of rotatable bonds is 8. The quantitative estimate of drug-likeness (QED) is 0.135. The Bertz CT molecular complexity index is 1930. The average Bonchev–Trinajstić information content (AvgIpc) is 3.12. The number of carbonyl (C=O) groups is 4. The predicted molar refractivity (Wildman–Crippen MR) is 170 cm³/mol. The van der Waals surface area contributed by atoms with Crippen molar-refractivity contribution in [3.05, 3.63) is 179 Å². The van der Waals surface area contributed by atoms with Crippen LogP contribution in [0.25, 0.3) is 0 Å². The van der Waals surface area contributed by atoms with Crippen LogP contribution in [0.3, 0.4) is 0 Å². The zero-order valence-corrected chi connectivity index (χ0v) is 24.7. The fraction of sp³-hybridized carbons (Fsp3) is 0.150. The van der Waals surface area contributed by atoms with Crippen LogP contribution < -0.4 is 0 Å². The van der Waals surface area contributed by atoms with E-state index < -0.39 is 46.3 Å². The van der Waals surface area contributed by atoms with Crippen molar-refractivity contribution >= 4 is 23.3 Å². The first kappa shape index (κ1) is 29.2. The lowest BCUT2D eigenvalue weighted by molar-refractivity contribution is -0.220. The van der Waals surface area contributed by atoms with Crippen LogP contribution in [0.1, 0.15) is 48.6 Å². The molecule has 3 fully saturated rings. The number of hydrogen-bond donors (Lipinski definition) is 0. The Morgan fingerprint density at radius 2 is 0.978 bits per heavy atom. The molecule has 1 unspecified atom stereocenters. The molecule has 2 bridgehead atoms. The highest BCUT2D eigenvalue weighted by Crippen LogP contribution is 2.65. The molecule has 2 aliphatic heterocycles. The minimum Gasteiger partial charge on any atom is -0.453 e. The van der Waals surface area contributed by atoms with Gasteiger partial charge in [-0.25, -0.2) is 4.39 Å². The van der Waals surface area contributed by atoms with Crippen molar-refractivity contribution in [2.24, 2.45) is 17.8 Å². The van der Waals surface area contributed by atoms with Gasteiger partial charge < -0.3 is 4.74 Å². The molecule has 5 aromatic carbocycles. The Balaban J connectivity index is 1.59. The molecule has 8 rings (SSSR count). The first-order valence-electron chi connectivity index (χ1n) is 15.2. The second-order valence-electron chi connectivity index (χ2n) is 11.9. The van der Waals surface area contributed by atoms with E-state index in [0.717, 1.165) is 0 Å². The van der Waals surface area contributed by atoms with Crippen LogP contribution in [0, 0.1) is 23.6 Å². The monoisotopic (exact) mass is 608 g/mol. The highest BCUT2D eigenvalue weighted by atomic mass is 19.1. The molecule has 5 nitrogen and oxygen atoms in total. The molecule has 1 aliphatic carbocycles. The van der Waals surface area contributed by atoms with E-state index in [2.05, 4.69) is 0 Å². The highest BCUT2D eigenvalue weighted by molar-refractivity contribution is 6.13. The van der Waals surface area contributed by atoms with E-state index >= 15 is 4.79 Å². The summed E-state index contributed by atoms with van der Waals surface area (Å²) in [6.07, 6.45) is -0.0599. The average molecular weight is 609 g/mol. The van der Waals surface area contributed by atoms with Gasteiger partial charge in [-0.2, -0.15) is 0 Å². The molecule has 0 spiro atoms. The van der Waals surface area contributed by atoms with E-state index in [1.807, 2.05) is 6.07 Å². The Hall–Kier alpha value is -5.49. The SMILES string of the molecule is O=C(c1ccccc1)C1C[C@]2(c3ccccc3)OC(=O)[C@]1(c1ccc(F)cc1)[C@H](C(=O)c1ccccc1)[C@@H]2C(=O)c1ccccc1. The first-order valence-corrected chi connectivity index (χ1v) is 15.2. The predicted octanol–water partition coefficient (Wildman–Crippen LogP) is 7.42. The third-order valence-electron chi connectivity index (χ3n) is 9.64. The summed E-state index contributed by atoms with van der Waals surface area (Å²) in [5.41, 5.74) is -1.85. The Labute approximate surface area is 265 Å². The number of halogens is 1. The van der Waals surface area contributed by atoms with Gasteiger partial charge in [0.25, 0.3) is 0 Å². The summed E-state index contributed by atoms with van der Waals surface area (Å²) >= 11 is 0. The van der Waals surface area contributed by atoms with E-state index in [1.165, 1.54) is 24.3 Å². The second kappa shape index (κ2) is 11.5. The molecule has 6 heteroatoms. The number of fused-ring (bicyclic) bond motifs is 3. The summed E-state index contributed by atoms with van der Waals surface area (Å²) in [6, 6.07) is 39.8. The van der Waals surface area contributed by atoms with E-state index in [-0.39, 0.29) is 29.1 Å². The zero-order chi connectivity index (χ0) is 31.9. The number of hydrogen-bond acceptors (Lipinski definition) is 5. The van der Waals surface area contributed by atoms with Crippen LogP contribution >= 0.6 is 0 Å². The second-order valence-corrected chi connectivity index (χ2v) is 11.9. The van der Waals surface area contributed by atoms with Crippen LogP contribution in [0.4, 0.5) is 4.39 Å². The van der Waals surface area contributed by atoms with Crippen molar-refractivity contribution in [3.8, 4) is 0 Å². The summed E-state index contributed by atoms with van der Waals surface area (Å²) in [5.74, 6) is -6.28. The van der Waals surface area contributed by atoms with E-state index in [9.17, 15) is 18.8 Å². The van der Waals surface area contributed by atoms with E-state index in [4.69, 9.17) is 4.74 Å². The van der Waals surface area contributed by atoms with E-state index in [0.29, 0.717) is 16.7 Å². The molecule has 2 saturated heterocycles. The van der Waals surface area contributed by atoms with Crippen molar-refractivity contribution in [2.45, 2.75) is 17.4 Å². The maximum atomic E-state index is 15.1. The summed E-state index contributed by atoms with van der Waals surface area (Å²) in [6.45, 7) is 0. The lowest BCUT2D eigenvalue weighted by atomic mass is 9.43. The van der Waals surface area contributed by atoms with Gasteiger partial charge in [0.2, 0.25) is 0 Å². The molecule has 0 amide bonds. The fourth-order valence-corrected chi connectivity index (χ4v) is 7.65. The third-order valence-corrected chi connectivity index (χ3v) is 9.64. The van der Waals surface area contributed by atoms with Crippen molar-refractivity contribution in [3.63, 3.8) is 0 Å². The summed E-state index contributed by atoms with van der Waals surface area (Å²) in [5, 5.41) is 0. The third kappa shape index (κ3) is 4.44. The molecule has 5 atom stereocenters. The van der Waals surface area contributed by atoms with Gasteiger partial charge in [-0.1, -0.05) is 133 Å². The number of ether oxygens (including phenoxy) is 1. The highest BCUT2D eigenvalue weighted by Gasteiger charge is 2.76. The molecular formula is C40H29FO5. The molecule has 2 heterocycles. The van der Waals surface area contributed by atoms with Crippen LogP contribution in [0.15, 0.2) is 146 Å². The van der Waals surface area contributed by atoms with Crippen molar-refractivity contribution < 1.29 is 28.3 Å². The van der Waals surface area contributed by atoms with Crippen molar-refractivity contribution in [1.82, 2.24) is 0 Å². The molecule has 46 heavy (non-hydrogen) atoms. The van der Waals surface area contributed by atoms with Crippen LogP contribution in [-0.4, -0.2) is 23.3 Å². The van der Waals surface area contributed by atoms with Crippen molar-refractivity contribution in [1.29, 1.82) is 0 Å². The van der Waals surface area contributed by atoms with Crippen LogP contribution in [0.2, 0.25) is 0 Å². The zero-order valence-electron chi connectivity index (χ0n) is 24.7. The van der Waals surface area contributed by atoms with Gasteiger partial charge in [-0.3, -0.25) is 19.2 Å². The Morgan fingerprint density at radius 3 is 1.48 bits per heavy atom. The topological polar surface area (TPSA) is 77.5 Å². The standard InChI is InChI=1S/C40H29FO5/c41-31-23-21-30(22-24-31)40-32(35(42)26-13-5-1-6-14-26)25-39(46-38(40)45,29-19-11-4-12-20-29)33(36(43)27-15-7-2-8-16-27)34(40)37(44)28-17-9-3-10-18-28/h1-24,32-34H,25H2/t32?,33-,34+,39-,40+/m1/s1. The summed E-state index contributed by atoms with van der Waals surface area (Å²) in [4.78, 5) is 59.6. The Kier molecular flexibility index (Phi) is 7.28. The van der Waals surface area contributed by atoms with Gasteiger partial charge in [0.1, 0.15) is 16.8 Å². The minimum absolute atomic E-state index is 0.0599. The minimum atomic E-state index is -1.95. The molecule has 0 aromatic heterocycles. The molecule has 3 aliphatic rings. The van der Waals surface area contributed by atoms with Crippen LogP contribution in [0.5, 0.6) is 0 Å². The molecular weight excluding hydrogens is 579 g/mol. The van der Waals surface area contributed by atoms with Crippen LogP contribution in [-0.2, 0) is 20.5 Å². The number of ketones is 3. The Morgan fingerprint density at radius 1 is 0.543 bits per heavy atom. The smallest absolute Gasteiger partial charge is 0.319 e. The van der Waals surface area contributed by atoms with Gasteiger partial charge in [0, 0.05) is 29.0 Å². The maximum absolute atomic E-state index is 15.1. The summed E-state index contributed by atoms with van der Waals surface area (Å²) < 4.78 is 20.9. The number of carbonyl (C=O) groups excluding carboxylic acids is 4. The molecule has 5 aromatic rings. The maximum Gasteiger partial charge on any atom is 0.319 e. The molecule has 0 N–H and O–H groups in total. The van der Waals surface area contributed by atoms with Crippen molar-refractivity contribution in [2.75, 3.05) is 0 Å². The number of benzene rings is 5. The van der Waals surface area contributed by atoms with Gasteiger partial charge >= 0.3 is 5.97 Å². The fourth-order valence-electron chi connectivity index (χ4n) is 7.65. The number of esters is 1. The number of Topliss-reactive ketones (excluding diaryl/α,β-unsaturated/α-hetero) is 3. The van der Waals surface area contributed by atoms with Gasteiger partial charge in [-0.15, -0.1) is 0 Å². The lowest BCUT2D eigenvalue weighted by Crippen LogP contribution is -2.73.